The number of hydrogen-bond acceptors (Lipinski definition) is 6. The fourth-order valence-corrected chi connectivity index (χ4v) is 3.37. The van der Waals surface area contributed by atoms with Crippen LogP contribution in [0.3, 0.4) is 0 Å². The van der Waals surface area contributed by atoms with Gasteiger partial charge in [-0.05, 0) is 43.2 Å². The predicted molar refractivity (Wildman–Crippen MR) is 106 cm³/mol. The largest absolute Gasteiger partial charge is 0.495 e. The molecule has 0 aliphatic carbocycles. The van der Waals surface area contributed by atoms with E-state index < -0.39 is 27.4 Å². The van der Waals surface area contributed by atoms with Gasteiger partial charge < -0.3 is 10.1 Å². The Kier molecular flexibility index (Phi) is 6.24. The first kappa shape index (κ1) is 21.2. The van der Waals surface area contributed by atoms with Crippen LogP contribution in [0.5, 0.6) is 5.75 Å². The van der Waals surface area contributed by atoms with E-state index >= 15 is 0 Å². The predicted octanol–water partition coefficient (Wildman–Crippen LogP) is 2.62. The summed E-state index contributed by atoms with van der Waals surface area (Å²) in [6, 6.07) is 8.85. The number of amides is 1. The van der Waals surface area contributed by atoms with Crippen LogP contribution in [0.1, 0.15) is 11.1 Å². The summed E-state index contributed by atoms with van der Waals surface area (Å²) in [5.74, 6) is -0.503. The molecule has 0 spiro atoms. The second-order valence-electron chi connectivity index (χ2n) is 6.23. The third kappa shape index (κ3) is 4.97. The van der Waals surface area contributed by atoms with Crippen molar-refractivity contribution in [1.82, 2.24) is 0 Å². The van der Waals surface area contributed by atoms with E-state index in [0.717, 1.165) is 27.8 Å². The molecule has 2 rings (SSSR count). The minimum Gasteiger partial charge on any atom is -0.495 e. The first-order chi connectivity index (χ1) is 13.0. The summed E-state index contributed by atoms with van der Waals surface area (Å²) in [7, 11) is -2.62. The number of nitro groups is 1. The number of carbonyl (C=O) groups is 1. The molecule has 0 fully saturated rings. The van der Waals surface area contributed by atoms with Crippen LogP contribution in [-0.4, -0.2) is 39.2 Å². The summed E-state index contributed by atoms with van der Waals surface area (Å²) in [5.41, 5.74) is 2.14. The fraction of sp³-hybridized carbons (Fsp3) is 0.278. The number of nitrogens with one attached hydrogen (secondary N) is 1. The van der Waals surface area contributed by atoms with Gasteiger partial charge in [0.05, 0.1) is 18.3 Å². The average molecular weight is 407 g/mol. The number of nitrogens with zero attached hydrogens (tertiary/aromatic N) is 2. The number of methoxy groups -OCH3 is 1. The molecule has 0 aliphatic heterocycles. The summed E-state index contributed by atoms with van der Waals surface area (Å²) in [6.07, 6.45) is 0.911. The molecule has 0 saturated heterocycles. The molecule has 0 bridgehead atoms. The highest BCUT2D eigenvalue weighted by molar-refractivity contribution is 7.92. The van der Waals surface area contributed by atoms with Crippen molar-refractivity contribution < 1.29 is 22.9 Å². The Hall–Kier alpha value is -3.14. The summed E-state index contributed by atoms with van der Waals surface area (Å²) in [4.78, 5) is 22.9. The number of sulfonamides is 1. The summed E-state index contributed by atoms with van der Waals surface area (Å²) in [5, 5.41) is 13.7. The zero-order chi connectivity index (χ0) is 21.1. The van der Waals surface area contributed by atoms with Crippen molar-refractivity contribution in [3.05, 3.63) is 57.6 Å². The van der Waals surface area contributed by atoms with E-state index in [0.29, 0.717) is 5.69 Å². The molecule has 0 atom stereocenters. The molecule has 9 nitrogen and oxygen atoms in total. The highest BCUT2D eigenvalue weighted by Gasteiger charge is 2.26. The van der Waals surface area contributed by atoms with Crippen molar-refractivity contribution in [3.63, 3.8) is 0 Å². The smallest absolute Gasteiger partial charge is 0.271 e. The first-order valence-corrected chi connectivity index (χ1v) is 10.0. The number of non-ortho nitro benzene ring substituents is 1. The third-order valence-corrected chi connectivity index (χ3v) is 5.25. The van der Waals surface area contributed by atoms with Gasteiger partial charge in [-0.1, -0.05) is 6.07 Å². The zero-order valence-electron chi connectivity index (χ0n) is 15.9. The van der Waals surface area contributed by atoms with Gasteiger partial charge in [0.2, 0.25) is 15.9 Å². The highest BCUT2D eigenvalue weighted by atomic mass is 32.2. The van der Waals surface area contributed by atoms with Crippen LogP contribution in [0.25, 0.3) is 0 Å². The van der Waals surface area contributed by atoms with Crippen molar-refractivity contribution in [2.75, 3.05) is 29.5 Å². The van der Waals surface area contributed by atoms with Crippen LogP contribution in [0.4, 0.5) is 17.1 Å². The molecular formula is C18H21N3O6S. The van der Waals surface area contributed by atoms with E-state index in [9.17, 15) is 23.3 Å². The molecule has 0 aliphatic rings. The Morgan fingerprint density at radius 1 is 1.18 bits per heavy atom. The van der Waals surface area contributed by atoms with Gasteiger partial charge in [0.25, 0.3) is 5.69 Å². The van der Waals surface area contributed by atoms with Gasteiger partial charge in [-0.15, -0.1) is 0 Å². The number of rotatable bonds is 7. The second-order valence-corrected chi connectivity index (χ2v) is 8.14. The van der Waals surface area contributed by atoms with E-state index in [1.165, 1.54) is 19.2 Å². The second kappa shape index (κ2) is 8.26. The van der Waals surface area contributed by atoms with E-state index in [4.69, 9.17) is 4.74 Å². The lowest BCUT2D eigenvalue weighted by Gasteiger charge is -2.23. The maximum Gasteiger partial charge on any atom is 0.271 e. The maximum atomic E-state index is 12.5. The average Bonchev–Trinajstić information content (AvgIpc) is 2.61. The topological polar surface area (TPSA) is 119 Å². The first-order valence-electron chi connectivity index (χ1n) is 8.20. The monoisotopic (exact) mass is 407 g/mol. The molecular weight excluding hydrogens is 386 g/mol. The summed E-state index contributed by atoms with van der Waals surface area (Å²) >= 11 is 0. The van der Waals surface area contributed by atoms with Crippen LogP contribution in [0.2, 0.25) is 0 Å². The maximum absolute atomic E-state index is 12.5. The highest BCUT2D eigenvalue weighted by Crippen LogP contribution is 2.33. The third-order valence-electron chi connectivity index (χ3n) is 4.12. The lowest BCUT2D eigenvalue weighted by molar-refractivity contribution is -0.384. The Labute approximate surface area is 163 Å². The number of hydrogen-bond donors (Lipinski definition) is 1. The molecule has 0 saturated carbocycles. The molecule has 0 heterocycles. The number of benzene rings is 2. The quantitative estimate of drug-likeness (QED) is 0.557. The van der Waals surface area contributed by atoms with Crippen molar-refractivity contribution in [1.29, 1.82) is 0 Å². The molecule has 2 aromatic carbocycles. The van der Waals surface area contributed by atoms with Crippen LogP contribution in [0.15, 0.2) is 36.4 Å². The molecule has 2 aromatic rings. The van der Waals surface area contributed by atoms with E-state index in [2.05, 4.69) is 5.32 Å². The molecule has 1 N–H and O–H groups in total. The van der Waals surface area contributed by atoms with Crippen LogP contribution in [0, 0.1) is 24.0 Å². The Morgan fingerprint density at radius 3 is 2.39 bits per heavy atom. The van der Waals surface area contributed by atoms with Crippen molar-refractivity contribution in [2.24, 2.45) is 0 Å². The van der Waals surface area contributed by atoms with Gasteiger partial charge >= 0.3 is 0 Å². The Bertz CT molecular complexity index is 1020. The normalized spacial score (nSPS) is 11.0. The van der Waals surface area contributed by atoms with E-state index in [1.54, 1.807) is 12.1 Å². The SMILES string of the molecule is COc1ccc([N+](=O)[O-])cc1N(CC(=O)Nc1ccc(C)c(C)c1)S(C)(=O)=O. The number of carbonyl (C=O) groups excluding carboxylic acids is 1. The number of ether oxygens (including phenoxy) is 1. The molecule has 0 radical (unpaired) electrons. The number of nitro benzene ring substituents is 1. The standard InChI is InChI=1S/C18H21N3O6S/c1-12-5-6-14(9-13(12)2)19-18(22)11-20(28(4,25)26)16-10-15(21(23)24)7-8-17(16)27-3/h5-10H,11H2,1-4H3,(H,19,22). The van der Waals surface area contributed by atoms with Gasteiger partial charge in [-0.25, -0.2) is 8.42 Å². The van der Waals surface area contributed by atoms with Crippen LogP contribution >= 0.6 is 0 Å². The molecule has 1 amide bonds. The summed E-state index contributed by atoms with van der Waals surface area (Å²) in [6.45, 7) is 3.26. The van der Waals surface area contributed by atoms with E-state index in [1.807, 2.05) is 19.9 Å². The molecule has 28 heavy (non-hydrogen) atoms. The lowest BCUT2D eigenvalue weighted by atomic mass is 10.1. The number of anilines is 2. The van der Waals surface area contributed by atoms with E-state index in [-0.39, 0.29) is 17.1 Å². The van der Waals surface area contributed by atoms with Gasteiger partial charge in [0, 0.05) is 17.8 Å². The molecule has 0 unspecified atom stereocenters. The minimum atomic E-state index is -3.93. The number of aryl methyl sites for hydroxylation is 2. The molecule has 150 valence electrons. The molecule has 0 aromatic heterocycles. The van der Waals surface area contributed by atoms with Crippen molar-refractivity contribution in [3.8, 4) is 5.75 Å². The Balaban J connectivity index is 2.37. The van der Waals surface area contributed by atoms with Gasteiger partial charge in [-0.2, -0.15) is 0 Å². The van der Waals surface area contributed by atoms with Gasteiger partial charge in [0.15, 0.2) is 0 Å². The van der Waals surface area contributed by atoms with Crippen LogP contribution in [-0.2, 0) is 14.8 Å². The van der Waals surface area contributed by atoms with Gasteiger partial charge in [0.1, 0.15) is 18.0 Å². The van der Waals surface area contributed by atoms with Crippen molar-refractivity contribution >= 4 is 33.0 Å². The van der Waals surface area contributed by atoms with Crippen LogP contribution < -0.4 is 14.4 Å². The lowest BCUT2D eigenvalue weighted by Crippen LogP contribution is -2.37. The fourth-order valence-electron chi connectivity index (χ4n) is 2.52. The minimum absolute atomic E-state index is 0.0885. The van der Waals surface area contributed by atoms with Crippen molar-refractivity contribution in [2.45, 2.75) is 13.8 Å². The zero-order valence-corrected chi connectivity index (χ0v) is 16.7. The summed E-state index contributed by atoms with van der Waals surface area (Å²) < 4.78 is 30.5. The molecule has 10 heteroatoms. The Morgan fingerprint density at radius 2 is 1.86 bits per heavy atom. The van der Waals surface area contributed by atoms with Gasteiger partial charge in [-0.3, -0.25) is 19.2 Å².